The highest BCUT2D eigenvalue weighted by molar-refractivity contribution is 4.84. The van der Waals surface area contributed by atoms with Gasteiger partial charge in [0.1, 0.15) is 0 Å². The van der Waals surface area contributed by atoms with Crippen LogP contribution in [0.15, 0.2) is 0 Å². The van der Waals surface area contributed by atoms with Crippen molar-refractivity contribution in [1.82, 2.24) is 10.2 Å². The zero-order valence-electron chi connectivity index (χ0n) is 13.3. The quantitative estimate of drug-likeness (QED) is 0.817. The van der Waals surface area contributed by atoms with Crippen LogP contribution in [0.4, 0.5) is 0 Å². The van der Waals surface area contributed by atoms with E-state index in [2.05, 4.69) is 31.0 Å². The molecule has 0 spiro atoms. The summed E-state index contributed by atoms with van der Waals surface area (Å²) in [6.07, 6.45) is 10.0. The van der Waals surface area contributed by atoms with Crippen LogP contribution in [-0.4, -0.2) is 36.6 Å². The van der Waals surface area contributed by atoms with E-state index in [1.807, 2.05) is 0 Å². The van der Waals surface area contributed by atoms with Crippen LogP contribution in [0.25, 0.3) is 0 Å². The predicted octanol–water partition coefficient (Wildman–Crippen LogP) is 3.67. The molecule has 2 aliphatic rings. The molecule has 2 nitrogen and oxygen atoms in total. The van der Waals surface area contributed by atoms with E-state index in [0.717, 1.165) is 17.9 Å². The first-order valence-electron chi connectivity index (χ1n) is 8.67. The van der Waals surface area contributed by atoms with Crippen molar-refractivity contribution in [3.63, 3.8) is 0 Å². The van der Waals surface area contributed by atoms with Crippen LogP contribution < -0.4 is 5.32 Å². The fourth-order valence-electron chi connectivity index (χ4n) is 4.04. The molecule has 0 aromatic carbocycles. The molecule has 1 saturated heterocycles. The number of nitrogens with one attached hydrogen (secondary N) is 1. The third-order valence-corrected chi connectivity index (χ3v) is 5.39. The van der Waals surface area contributed by atoms with Crippen LogP contribution in [0.1, 0.15) is 65.7 Å². The van der Waals surface area contributed by atoms with E-state index in [1.165, 1.54) is 64.6 Å². The molecule has 0 radical (unpaired) electrons. The molecule has 1 N–H and O–H groups in total. The Hall–Kier alpha value is -0.0800. The van der Waals surface area contributed by atoms with Crippen molar-refractivity contribution < 1.29 is 0 Å². The Labute approximate surface area is 120 Å². The molecule has 112 valence electrons. The van der Waals surface area contributed by atoms with Gasteiger partial charge in [-0.3, -0.25) is 4.90 Å². The molecule has 19 heavy (non-hydrogen) atoms. The fourth-order valence-corrected chi connectivity index (χ4v) is 4.04. The first kappa shape index (κ1) is 15.3. The summed E-state index contributed by atoms with van der Waals surface area (Å²) in [4.78, 5) is 2.82. The van der Waals surface area contributed by atoms with Crippen molar-refractivity contribution in [2.45, 2.75) is 77.8 Å². The number of piperidine rings is 1. The summed E-state index contributed by atoms with van der Waals surface area (Å²) in [7, 11) is 0. The molecule has 2 fully saturated rings. The van der Waals surface area contributed by atoms with Gasteiger partial charge in [0.25, 0.3) is 0 Å². The average molecular weight is 266 g/mol. The second kappa shape index (κ2) is 7.64. The van der Waals surface area contributed by atoms with Gasteiger partial charge < -0.3 is 5.32 Å². The summed E-state index contributed by atoms with van der Waals surface area (Å²) in [6.45, 7) is 10.9. The molecule has 1 unspecified atom stereocenters. The maximum atomic E-state index is 3.57. The molecule has 2 rings (SSSR count). The Bertz CT molecular complexity index is 238. The van der Waals surface area contributed by atoms with Gasteiger partial charge in [-0.25, -0.2) is 0 Å². The lowest BCUT2D eigenvalue weighted by Crippen LogP contribution is -2.47. The molecule has 1 saturated carbocycles. The van der Waals surface area contributed by atoms with E-state index >= 15 is 0 Å². The minimum Gasteiger partial charge on any atom is -0.316 e. The van der Waals surface area contributed by atoms with Crippen LogP contribution in [-0.2, 0) is 0 Å². The van der Waals surface area contributed by atoms with Gasteiger partial charge in [0, 0.05) is 18.6 Å². The molecular weight excluding hydrogens is 232 g/mol. The van der Waals surface area contributed by atoms with E-state index in [4.69, 9.17) is 0 Å². The van der Waals surface area contributed by atoms with E-state index < -0.39 is 0 Å². The highest BCUT2D eigenvalue weighted by Gasteiger charge is 2.28. The Morgan fingerprint density at radius 1 is 1.05 bits per heavy atom. The van der Waals surface area contributed by atoms with Gasteiger partial charge in [0.15, 0.2) is 0 Å². The highest BCUT2D eigenvalue weighted by Crippen LogP contribution is 2.31. The molecular formula is C17H34N2. The molecule has 1 aliphatic carbocycles. The predicted molar refractivity (Wildman–Crippen MR) is 83.5 cm³/mol. The highest BCUT2D eigenvalue weighted by atomic mass is 15.2. The average Bonchev–Trinajstić information content (AvgIpc) is 2.46. The van der Waals surface area contributed by atoms with E-state index in [9.17, 15) is 0 Å². The SMILES string of the molecule is CCC1CCC(N(CC2CCCNC2)C(C)C)CC1. The summed E-state index contributed by atoms with van der Waals surface area (Å²) in [5, 5.41) is 3.57. The minimum absolute atomic E-state index is 0.713. The zero-order chi connectivity index (χ0) is 13.7. The van der Waals surface area contributed by atoms with Crippen LogP contribution in [0.2, 0.25) is 0 Å². The number of hydrogen-bond donors (Lipinski definition) is 1. The molecule has 0 amide bonds. The molecule has 0 aromatic heterocycles. The lowest BCUT2D eigenvalue weighted by atomic mass is 9.83. The fraction of sp³-hybridized carbons (Fsp3) is 1.00. The van der Waals surface area contributed by atoms with Crippen LogP contribution in [0, 0.1) is 11.8 Å². The normalized spacial score (nSPS) is 33.0. The van der Waals surface area contributed by atoms with Crippen molar-refractivity contribution in [1.29, 1.82) is 0 Å². The summed E-state index contributed by atoms with van der Waals surface area (Å²) in [6, 6.07) is 1.58. The Balaban J connectivity index is 1.85. The van der Waals surface area contributed by atoms with Crippen LogP contribution in [0.5, 0.6) is 0 Å². The molecule has 1 heterocycles. The largest absolute Gasteiger partial charge is 0.316 e. The van der Waals surface area contributed by atoms with Gasteiger partial charge in [-0.15, -0.1) is 0 Å². The Morgan fingerprint density at radius 3 is 2.32 bits per heavy atom. The summed E-state index contributed by atoms with van der Waals surface area (Å²) in [5.41, 5.74) is 0. The third-order valence-electron chi connectivity index (χ3n) is 5.39. The van der Waals surface area contributed by atoms with E-state index in [1.54, 1.807) is 0 Å². The number of hydrogen-bond acceptors (Lipinski definition) is 2. The molecule has 1 aliphatic heterocycles. The van der Waals surface area contributed by atoms with Crippen LogP contribution in [0.3, 0.4) is 0 Å². The first-order chi connectivity index (χ1) is 9.20. The standard InChI is InChI=1S/C17H34N2/c1-4-15-7-9-17(10-8-15)19(14(2)3)13-16-6-5-11-18-12-16/h14-18H,4-13H2,1-3H3. The Morgan fingerprint density at radius 2 is 1.79 bits per heavy atom. The number of rotatable bonds is 5. The maximum Gasteiger partial charge on any atom is 0.00982 e. The number of nitrogens with zero attached hydrogens (tertiary/aromatic N) is 1. The summed E-state index contributed by atoms with van der Waals surface area (Å²) >= 11 is 0. The van der Waals surface area contributed by atoms with Crippen molar-refractivity contribution >= 4 is 0 Å². The monoisotopic (exact) mass is 266 g/mol. The minimum atomic E-state index is 0.713. The van der Waals surface area contributed by atoms with Gasteiger partial charge in [-0.1, -0.05) is 13.3 Å². The smallest absolute Gasteiger partial charge is 0.00982 e. The van der Waals surface area contributed by atoms with Gasteiger partial charge in [0.05, 0.1) is 0 Å². The van der Waals surface area contributed by atoms with Crippen molar-refractivity contribution in [2.75, 3.05) is 19.6 Å². The summed E-state index contributed by atoms with van der Waals surface area (Å²) < 4.78 is 0. The zero-order valence-corrected chi connectivity index (χ0v) is 13.3. The van der Waals surface area contributed by atoms with Gasteiger partial charge in [-0.2, -0.15) is 0 Å². The van der Waals surface area contributed by atoms with E-state index in [0.29, 0.717) is 6.04 Å². The summed E-state index contributed by atoms with van der Waals surface area (Å²) in [5.74, 6) is 1.90. The second-order valence-electron chi connectivity index (χ2n) is 7.09. The lowest BCUT2D eigenvalue weighted by Gasteiger charge is -2.41. The molecule has 2 heteroatoms. The van der Waals surface area contributed by atoms with Gasteiger partial charge in [0.2, 0.25) is 0 Å². The first-order valence-corrected chi connectivity index (χ1v) is 8.67. The molecule has 0 bridgehead atoms. The van der Waals surface area contributed by atoms with E-state index in [-0.39, 0.29) is 0 Å². The van der Waals surface area contributed by atoms with Crippen molar-refractivity contribution in [2.24, 2.45) is 11.8 Å². The second-order valence-corrected chi connectivity index (χ2v) is 7.09. The lowest BCUT2D eigenvalue weighted by molar-refractivity contribution is 0.0810. The van der Waals surface area contributed by atoms with Gasteiger partial charge in [-0.05, 0) is 77.3 Å². The maximum absolute atomic E-state index is 3.57. The van der Waals surface area contributed by atoms with Crippen molar-refractivity contribution in [3.05, 3.63) is 0 Å². The van der Waals surface area contributed by atoms with Crippen molar-refractivity contribution in [3.8, 4) is 0 Å². The molecule has 0 aromatic rings. The third kappa shape index (κ3) is 4.46. The van der Waals surface area contributed by atoms with Gasteiger partial charge >= 0.3 is 0 Å². The topological polar surface area (TPSA) is 15.3 Å². The Kier molecular flexibility index (Phi) is 6.15. The molecule has 1 atom stereocenters. The van der Waals surface area contributed by atoms with Crippen LogP contribution >= 0.6 is 0 Å².